The normalized spacial score (nSPS) is 26.1. The molecule has 116 valence electrons. The molecule has 0 radical (unpaired) electrons. The minimum absolute atomic E-state index is 0.0688. The van der Waals surface area contributed by atoms with E-state index >= 15 is 0 Å². The van der Waals surface area contributed by atoms with Crippen LogP contribution in [-0.2, 0) is 0 Å². The van der Waals surface area contributed by atoms with Crippen molar-refractivity contribution in [2.45, 2.75) is 45.6 Å². The average molecular weight is 290 g/mol. The van der Waals surface area contributed by atoms with Gasteiger partial charge in [0.2, 0.25) is 0 Å². The Morgan fingerprint density at radius 2 is 2.00 bits per heavy atom. The van der Waals surface area contributed by atoms with Crippen LogP contribution in [0.4, 0.5) is 10.1 Å². The summed E-state index contributed by atoms with van der Waals surface area (Å²) >= 11 is 0. The molecule has 0 amide bonds. The quantitative estimate of drug-likeness (QED) is 0.877. The van der Waals surface area contributed by atoms with E-state index in [1.165, 1.54) is 19.3 Å². The molecule has 2 fully saturated rings. The minimum Gasteiger partial charge on any atom is -0.371 e. The lowest BCUT2D eigenvalue weighted by molar-refractivity contribution is 0.494. The van der Waals surface area contributed by atoms with E-state index in [9.17, 15) is 4.39 Å². The predicted molar refractivity (Wildman–Crippen MR) is 86.2 cm³/mol. The Bertz CT molecular complexity index is 476. The van der Waals surface area contributed by atoms with Crippen LogP contribution in [0, 0.1) is 17.7 Å². The van der Waals surface area contributed by atoms with E-state index in [1.807, 2.05) is 6.07 Å². The highest BCUT2D eigenvalue weighted by molar-refractivity contribution is 5.56. The van der Waals surface area contributed by atoms with Gasteiger partial charge in [-0.3, -0.25) is 0 Å². The third-order valence-corrected chi connectivity index (χ3v) is 5.23. The number of nitrogens with zero attached hydrogens (tertiary/aromatic N) is 1. The second kappa shape index (κ2) is 6.35. The Morgan fingerprint density at radius 3 is 2.67 bits per heavy atom. The molecular formula is C18H27FN2. The number of fused-ring (bicyclic) bond motifs is 1. The second-order valence-electron chi connectivity index (χ2n) is 6.70. The van der Waals surface area contributed by atoms with Crippen LogP contribution in [0.3, 0.4) is 0 Å². The van der Waals surface area contributed by atoms with Crippen molar-refractivity contribution in [1.82, 2.24) is 5.32 Å². The molecule has 1 heterocycles. The smallest absolute Gasteiger partial charge is 0.130 e. The van der Waals surface area contributed by atoms with Crippen molar-refractivity contribution in [3.05, 3.63) is 29.6 Å². The largest absolute Gasteiger partial charge is 0.371 e. The van der Waals surface area contributed by atoms with Crippen molar-refractivity contribution in [3.8, 4) is 0 Å². The van der Waals surface area contributed by atoms with Gasteiger partial charge in [-0.1, -0.05) is 19.4 Å². The first-order valence-electron chi connectivity index (χ1n) is 8.47. The summed E-state index contributed by atoms with van der Waals surface area (Å²) in [6.07, 6.45) is 5.17. The zero-order chi connectivity index (χ0) is 14.8. The lowest BCUT2D eigenvalue weighted by atomic mass is 10.0. The Labute approximate surface area is 127 Å². The van der Waals surface area contributed by atoms with E-state index in [2.05, 4.69) is 30.1 Å². The first-order chi connectivity index (χ1) is 10.2. The van der Waals surface area contributed by atoms with Crippen molar-refractivity contribution in [1.29, 1.82) is 0 Å². The van der Waals surface area contributed by atoms with Crippen LogP contribution in [0.15, 0.2) is 18.2 Å². The summed E-state index contributed by atoms with van der Waals surface area (Å²) in [5, 5.41) is 3.44. The number of hydrogen-bond acceptors (Lipinski definition) is 2. The van der Waals surface area contributed by atoms with E-state index in [0.717, 1.165) is 49.1 Å². The van der Waals surface area contributed by atoms with Gasteiger partial charge in [0, 0.05) is 30.4 Å². The molecule has 1 aliphatic heterocycles. The second-order valence-corrected chi connectivity index (χ2v) is 6.70. The summed E-state index contributed by atoms with van der Waals surface area (Å²) in [7, 11) is 0. The van der Waals surface area contributed by atoms with Crippen LogP contribution in [-0.4, -0.2) is 19.6 Å². The topological polar surface area (TPSA) is 15.3 Å². The zero-order valence-corrected chi connectivity index (χ0v) is 13.2. The van der Waals surface area contributed by atoms with Crippen LogP contribution in [0.2, 0.25) is 0 Å². The fourth-order valence-electron chi connectivity index (χ4n) is 4.12. The first-order valence-corrected chi connectivity index (χ1v) is 8.47. The Hall–Kier alpha value is -1.09. The summed E-state index contributed by atoms with van der Waals surface area (Å²) in [6.45, 7) is 7.38. The predicted octanol–water partition coefficient (Wildman–Crippen LogP) is 4.12. The molecule has 21 heavy (non-hydrogen) atoms. The van der Waals surface area contributed by atoms with Crippen LogP contribution in [0.5, 0.6) is 0 Å². The van der Waals surface area contributed by atoms with Gasteiger partial charge in [0.1, 0.15) is 5.82 Å². The van der Waals surface area contributed by atoms with Gasteiger partial charge in [0.15, 0.2) is 0 Å². The van der Waals surface area contributed by atoms with Crippen LogP contribution in [0.25, 0.3) is 0 Å². The highest BCUT2D eigenvalue weighted by Crippen LogP contribution is 2.41. The number of rotatable bonds is 5. The summed E-state index contributed by atoms with van der Waals surface area (Å²) in [6, 6.07) is 5.62. The number of nitrogens with one attached hydrogen (secondary N) is 1. The van der Waals surface area contributed by atoms with E-state index in [0.29, 0.717) is 0 Å². The lowest BCUT2D eigenvalue weighted by Crippen LogP contribution is -2.27. The molecule has 3 heteroatoms. The number of hydrogen-bond donors (Lipinski definition) is 1. The fraction of sp³-hybridized carbons (Fsp3) is 0.667. The first kappa shape index (κ1) is 14.8. The molecule has 1 aromatic rings. The number of halogens is 1. The monoisotopic (exact) mass is 290 g/mol. The van der Waals surface area contributed by atoms with Crippen LogP contribution < -0.4 is 10.2 Å². The molecule has 0 bridgehead atoms. The molecule has 1 aliphatic carbocycles. The highest BCUT2D eigenvalue weighted by atomic mass is 19.1. The third kappa shape index (κ3) is 2.94. The van der Waals surface area contributed by atoms with Crippen molar-refractivity contribution < 1.29 is 4.39 Å². The molecule has 2 aliphatic rings. The molecule has 3 atom stereocenters. The lowest BCUT2D eigenvalue weighted by Gasteiger charge is -2.26. The van der Waals surface area contributed by atoms with Crippen LogP contribution in [0.1, 0.15) is 51.1 Å². The molecule has 1 aromatic carbocycles. The number of benzene rings is 1. The van der Waals surface area contributed by atoms with E-state index in [4.69, 9.17) is 0 Å². The summed E-state index contributed by atoms with van der Waals surface area (Å²) in [4.78, 5) is 2.43. The maximum absolute atomic E-state index is 14.4. The molecule has 2 nitrogen and oxygen atoms in total. The van der Waals surface area contributed by atoms with E-state index in [1.54, 1.807) is 6.07 Å². The Balaban J connectivity index is 1.83. The third-order valence-electron chi connectivity index (χ3n) is 5.23. The van der Waals surface area contributed by atoms with Gasteiger partial charge in [0.25, 0.3) is 0 Å². The van der Waals surface area contributed by atoms with E-state index in [-0.39, 0.29) is 11.9 Å². The molecule has 3 rings (SSSR count). The van der Waals surface area contributed by atoms with Gasteiger partial charge >= 0.3 is 0 Å². The van der Waals surface area contributed by atoms with Gasteiger partial charge in [-0.2, -0.15) is 0 Å². The molecule has 1 N–H and O–H groups in total. The Morgan fingerprint density at radius 1 is 1.29 bits per heavy atom. The van der Waals surface area contributed by atoms with Gasteiger partial charge in [-0.25, -0.2) is 4.39 Å². The zero-order valence-electron chi connectivity index (χ0n) is 13.2. The van der Waals surface area contributed by atoms with Crippen molar-refractivity contribution >= 4 is 5.69 Å². The SMILES string of the molecule is CCCNC(C)c1c(F)cccc1N1CC2CCCC2C1. The van der Waals surface area contributed by atoms with Gasteiger partial charge in [-0.05, 0) is 56.7 Å². The summed E-state index contributed by atoms with van der Waals surface area (Å²) in [5.41, 5.74) is 1.96. The standard InChI is InChI=1S/C18H27FN2/c1-3-10-20-13(2)18-16(19)8-5-9-17(18)21-11-14-6-4-7-15(14)12-21/h5,8-9,13-15,20H,3-4,6-7,10-12H2,1-2H3. The summed E-state index contributed by atoms with van der Waals surface area (Å²) < 4.78 is 14.4. The van der Waals surface area contributed by atoms with Gasteiger partial charge < -0.3 is 10.2 Å². The molecule has 3 unspecified atom stereocenters. The maximum Gasteiger partial charge on any atom is 0.130 e. The molecule has 1 saturated heterocycles. The maximum atomic E-state index is 14.4. The van der Waals surface area contributed by atoms with Crippen LogP contribution >= 0.6 is 0 Å². The molecule has 1 saturated carbocycles. The summed E-state index contributed by atoms with van der Waals surface area (Å²) in [5.74, 6) is 1.60. The van der Waals surface area contributed by atoms with Crippen molar-refractivity contribution in [3.63, 3.8) is 0 Å². The number of anilines is 1. The van der Waals surface area contributed by atoms with Crippen molar-refractivity contribution in [2.75, 3.05) is 24.5 Å². The van der Waals surface area contributed by atoms with E-state index < -0.39 is 0 Å². The molecule has 0 spiro atoms. The Kier molecular flexibility index (Phi) is 4.48. The minimum atomic E-state index is -0.0688. The highest BCUT2D eigenvalue weighted by Gasteiger charge is 2.37. The van der Waals surface area contributed by atoms with Crippen molar-refractivity contribution in [2.24, 2.45) is 11.8 Å². The van der Waals surface area contributed by atoms with Gasteiger partial charge in [-0.15, -0.1) is 0 Å². The fourth-order valence-corrected chi connectivity index (χ4v) is 4.12. The van der Waals surface area contributed by atoms with Gasteiger partial charge in [0.05, 0.1) is 0 Å². The molecular weight excluding hydrogens is 263 g/mol. The average Bonchev–Trinajstić information content (AvgIpc) is 3.05. The molecule has 0 aromatic heterocycles.